The molecule has 0 aromatic heterocycles. The van der Waals surface area contributed by atoms with Crippen LogP contribution in [-0.2, 0) is 47.7 Å². The van der Waals surface area contributed by atoms with Crippen LogP contribution in [0.15, 0.2) is 116 Å². The van der Waals surface area contributed by atoms with Gasteiger partial charge in [0.05, 0.1) is 0 Å². The van der Waals surface area contributed by atoms with Crippen LogP contribution in [0.3, 0.4) is 0 Å². The van der Waals surface area contributed by atoms with Gasteiger partial charge in [-0.25, -0.2) is 0 Å². The Morgan fingerprint density at radius 1 is 0.225 bits per heavy atom. The lowest BCUT2D eigenvalue weighted by molar-refractivity contribution is -0.143. The summed E-state index contributed by atoms with van der Waals surface area (Å²) < 4.78 is 21.3. The molecule has 0 bridgehead atoms. The number of aliphatic carboxylic acids is 2. The number of carbonyl (C=O) groups excluding carboxylic acids is 4. The molecule has 0 aromatic carbocycles. The molecule has 0 amide bonds. The zero-order valence-electron chi connectivity index (χ0n) is 58.9. The average Bonchev–Trinajstić information content (AvgIpc) is 3.45. The van der Waals surface area contributed by atoms with Crippen molar-refractivity contribution in [3.05, 3.63) is 116 Å². The molecule has 12 nitrogen and oxygen atoms in total. The van der Waals surface area contributed by atoms with Crippen molar-refractivity contribution in [1.82, 2.24) is 0 Å². The lowest BCUT2D eigenvalue weighted by Gasteiger charge is -2.05. The largest absolute Gasteiger partial charge is 0.481 e. The normalized spacial score (nSPS) is 11.9. The second-order valence-corrected chi connectivity index (χ2v) is 25.0. The van der Waals surface area contributed by atoms with Gasteiger partial charge in [-0.1, -0.05) is 150 Å². The third kappa shape index (κ3) is 74.6. The highest BCUT2D eigenvalue weighted by molar-refractivity contribution is 5.70. The van der Waals surface area contributed by atoms with Gasteiger partial charge in [-0.15, -0.1) is 0 Å². The van der Waals surface area contributed by atoms with Crippen molar-refractivity contribution in [3.63, 3.8) is 0 Å². The van der Waals surface area contributed by atoms with Crippen molar-refractivity contribution in [2.45, 2.75) is 309 Å². The number of carboxylic acids is 2. The molecule has 0 unspecified atom stereocenters. The van der Waals surface area contributed by atoms with Gasteiger partial charge < -0.3 is 29.2 Å². The molecule has 0 spiro atoms. The van der Waals surface area contributed by atoms with Crippen molar-refractivity contribution in [3.8, 4) is 0 Å². The molecule has 0 aliphatic heterocycles. The Bertz CT molecular complexity index is 2090. The maximum Gasteiger partial charge on any atom is 0.306 e. The minimum Gasteiger partial charge on any atom is -0.481 e. The fraction of sp³-hybridized carbons (Fsp3) is 0.662. The molecule has 0 fully saturated rings. The highest BCUT2D eigenvalue weighted by atomic mass is 16.5. The minimum atomic E-state index is -0.759. The Balaban J connectivity index is -0.00000141. The number of carbonyl (C=O) groups is 6. The molecule has 12 heteroatoms. The molecule has 0 aliphatic carbocycles. The summed E-state index contributed by atoms with van der Waals surface area (Å²) in [5.41, 5.74) is 13.3. The third-order valence-electron chi connectivity index (χ3n) is 14.4. The van der Waals surface area contributed by atoms with E-state index in [1.54, 1.807) is 0 Å². The van der Waals surface area contributed by atoms with Gasteiger partial charge in [0.15, 0.2) is 0 Å². The number of esters is 4. The van der Waals surface area contributed by atoms with E-state index < -0.39 is 11.9 Å². The van der Waals surface area contributed by atoms with Crippen molar-refractivity contribution >= 4 is 35.8 Å². The van der Waals surface area contributed by atoms with Crippen molar-refractivity contribution < 1.29 is 57.9 Å². The van der Waals surface area contributed by atoms with E-state index >= 15 is 0 Å². The van der Waals surface area contributed by atoms with Crippen LogP contribution in [0.4, 0.5) is 0 Å². The summed E-state index contributed by atoms with van der Waals surface area (Å²) in [7, 11) is 0. The Labute approximate surface area is 543 Å². The van der Waals surface area contributed by atoms with E-state index in [4.69, 9.17) is 29.2 Å². The summed E-state index contributed by atoms with van der Waals surface area (Å²) in [4.78, 5) is 67.9. The fourth-order valence-electron chi connectivity index (χ4n) is 8.68. The number of allylic oxidation sites excluding steroid dienone is 16. The van der Waals surface area contributed by atoms with Gasteiger partial charge in [0.1, 0.15) is 26.4 Å². The van der Waals surface area contributed by atoms with Gasteiger partial charge >= 0.3 is 35.8 Å². The number of hydrogen-bond donors (Lipinski definition) is 2. The van der Waals surface area contributed by atoms with E-state index in [0.29, 0.717) is 65.0 Å². The van der Waals surface area contributed by atoms with Crippen LogP contribution in [0.5, 0.6) is 0 Å². The highest BCUT2D eigenvalue weighted by Gasteiger charge is 2.07. The molecule has 0 radical (unpaired) electrons. The van der Waals surface area contributed by atoms with E-state index in [1.165, 1.54) is 55.7 Å². The molecule has 89 heavy (non-hydrogen) atoms. The first kappa shape index (κ1) is 87.4. The molecule has 508 valence electrons. The Morgan fingerprint density at radius 3 is 0.584 bits per heavy atom. The Morgan fingerprint density at radius 2 is 0.393 bits per heavy atom. The topological polar surface area (TPSA) is 180 Å². The average molecular weight is 1250 g/mol. The monoisotopic (exact) mass is 1240 g/mol. The van der Waals surface area contributed by atoms with Crippen LogP contribution in [0, 0.1) is 0 Å². The smallest absolute Gasteiger partial charge is 0.306 e. The number of ether oxygens (including phenoxy) is 4. The van der Waals surface area contributed by atoms with Crippen LogP contribution in [0.2, 0.25) is 0 Å². The van der Waals surface area contributed by atoms with Crippen molar-refractivity contribution in [2.24, 2.45) is 0 Å². The number of hydrogen-bond acceptors (Lipinski definition) is 10. The molecule has 0 atom stereocenters. The molecule has 0 aromatic rings. The van der Waals surface area contributed by atoms with E-state index in [1.807, 2.05) is 24.3 Å². The van der Waals surface area contributed by atoms with Crippen LogP contribution in [0.1, 0.15) is 309 Å². The van der Waals surface area contributed by atoms with Gasteiger partial charge in [0.25, 0.3) is 0 Å². The number of rotatable bonds is 50. The first-order valence-corrected chi connectivity index (χ1v) is 33.9. The Kier molecular flexibility index (Phi) is 61.3. The molecule has 2 N–H and O–H groups in total. The standard InChI is InChI=1S/C39H64O4.C29H48O4.C9H16O4/c1-32(2)18-14-20-34(5)22-16-24-36(7)28-30-42-38(40)26-12-10-9-11-13-27-39(41)43-31-29-37(8)25-17-23-35(6)21-15-19-33(3)4;1-24(2)14-12-16-26(5)20-22-32-28(30)18-10-8-7-9-11-19-29(31)33-23-21-27(6)17-13-15-25(3)4;10-8(11)6-4-2-1-3-5-7-9(12)13/h18-19,22-23,28-29H,9-17,20-21,24-27,30-31H2,1-8H3;14-15,20-21H,7-13,16-19,22-23H2,1-6H3;1-7H2,(H,10,11)(H,12,13). The van der Waals surface area contributed by atoms with Crippen LogP contribution >= 0.6 is 0 Å². The summed E-state index contributed by atoms with van der Waals surface area (Å²) >= 11 is 0. The summed E-state index contributed by atoms with van der Waals surface area (Å²) in [6.45, 7) is 31.2. The predicted octanol–water partition coefficient (Wildman–Crippen LogP) is 21.7. The van der Waals surface area contributed by atoms with E-state index in [-0.39, 0.29) is 36.7 Å². The lowest BCUT2D eigenvalue weighted by Crippen LogP contribution is -2.05. The van der Waals surface area contributed by atoms with Crippen LogP contribution < -0.4 is 0 Å². The Hall–Kier alpha value is -5.78. The summed E-state index contributed by atoms with van der Waals surface area (Å²) in [5.74, 6) is -2.03. The molecular formula is C77H128O12. The van der Waals surface area contributed by atoms with Gasteiger partial charge in [-0.3, -0.25) is 28.8 Å². The summed E-state index contributed by atoms with van der Waals surface area (Å²) in [5, 5.41) is 16.6. The van der Waals surface area contributed by atoms with Gasteiger partial charge in [0.2, 0.25) is 0 Å². The quantitative estimate of drug-likeness (QED) is 0.0255. The lowest BCUT2D eigenvalue weighted by atomic mass is 10.1. The zero-order chi connectivity index (χ0) is 67.3. The molecule has 0 saturated heterocycles. The molecule has 0 heterocycles. The van der Waals surface area contributed by atoms with Crippen molar-refractivity contribution in [2.75, 3.05) is 26.4 Å². The molecule has 0 saturated carbocycles. The minimum absolute atomic E-state index is 0.128. The van der Waals surface area contributed by atoms with E-state index in [9.17, 15) is 28.8 Å². The first-order chi connectivity index (χ1) is 42.3. The van der Waals surface area contributed by atoms with E-state index in [2.05, 4.69) is 133 Å². The van der Waals surface area contributed by atoms with Crippen LogP contribution in [0.25, 0.3) is 0 Å². The fourth-order valence-corrected chi connectivity index (χ4v) is 8.68. The SMILES string of the molecule is CC(C)=CCCC(C)=CCCC(C)=CCOC(=O)CCCCCCCC(=O)OCC=C(C)CCC=C(C)CCC=C(C)C.CC(C)=CCCC(C)=CCOC(=O)CCCCCCCC(=O)OCC=C(C)CCC=C(C)C.O=C(O)CCCCCCCC(=O)O. The van der Waals surface area contributed by atoms with Gasteiger partial charge in [-0.2, -0.15) is 0 Å². The molecule has 0 aliphatic rings. The van der Waals surface area contributed by atoms with E-state index in [0.717, 1.165) is 161 Å². The summed E-state index contributed by atoms with van der Waals surface area (Å²) in [6, 6.07) is 0. The molecular weight excluding hydrogens is 1120 g/mol. The maximum absolute atomic E-state index is 12.0. The predicted molar refractivity (Wildman–Crippen MR) is 372 cm³/mol. The highest BCUT2D eigenvalue weighted by Crippen LogP contribution is 2.16. The summed E-state index contributed by atoms with van der Waals surface area (Å²) in [6.07, 6.45) is 49.9. The third-order valence-corrected chi connectivity index (χ3v) is 14.4. The first-order valence-electron chi connectivity index (χ1n) is 33.9. The maximum atomic E-state index is 12.0. The molecule has 0 rings (SSSR count). The van der Waals surface area contributed by atoms with Crippen LogP contribution in [-0.4, -0.2) is 72.5 Å². The van der Waals surface area contributed by atoms with Gasteiger partial charge in [-0.05, 0) is 237 Å². The second kappa shape index (κ2) is 62.4. The number of unbranched alkanes of at least 4 members (excludes halogenated alkanes) is 12. The van der Waals surface area contributed by atoms with Gasteiger partial charge in [0, 0.05) is 38.5 Å². The number of carboxylic acid groups (broad SMARTS) is 2. The van der Waals surface area contributed by atoms with Crippen molar-refractivity contribution in [1.29, 1.82) is 0 Å². The zero-order valence-corrected chi connectivity index (χ0v) is 58.9. The second-order valence-electron chi connectivity index (χ2n) is 25.0.